The summed E-state index contributed by atoms with van der Waals surface area (Å²) in [6.07, 6.45) is 1.98. The summed E-state index contributed by atoms with van der Waals surface area (Å²) in [5.74, 6) is 1.44. The van der Waals surface area contributed by atoms with Crippen LogP contribution in [-0.2, 0) is 12.8 Å². The van der Waals surface area contributed by atoms with E-state index in [0.29, 0.717) is 30.6 Å². The van der Waals surface area contributed by atoms with Gasteiger partial charge in [0.2, 0.25) is 6.79 Å². The molecule has 1 aliphatic carbocycles. The highest BCUT2D eigenvalue weighted by Crippen LogP contribution is 2.36. The van der Waals surface area contributed by atoms with Crippen molar-refractivity contribution in [3.8, 4) is 11.5 Å². The molecule has 27 heavy (non-hydrogen) atoms. The number of Topliss-reactive ketones (excluding diaryl/α,β-unsaturated/α-hetero) is 1. The van der Waals surface area contributed by atoms with E-state index in [-0.39, 0.29) is 23.9 Å². The summed E-state index contributed by atoms with van der Waals surface area (Å²) >= 11 is 0. The molecule has 0 unspecified atom stereocenters. The Kier molecular flexibility index (Phi) is 4.21. The fraction of sp³-hybridized carbons (Fsp3) is 0.429. The molecule has 2 heterocycles. The van der Waals surface area contributed by atoms with E-state index in [1.807, 2.05) is 25.1 Å². The SMILES string of the molecule is Cc1c(C(=O)NCCc2ccc3c(c2)OCO3)[nH]c2c1C(=O)CC(C)(C)C2. The molecule has 6 nitrogen and oxygen atoms in total. The first kappa shape index (κ1) is 17.6. The molecule has 4 rings (SSSR count). The summed E-state index contributed by atoms with van der Waals surface area (Å²) in [5.41, 5.74) is 3.83. The molecule has 0 saturated carbocycles. The highest BCUT2D eigenvalue weighted by Gasteiger charge is 2.35. The Morgan fingerprint density at radius 3 is 2.81 bits per heavy atom. The number of ether oxygens (including phenoxy) is 2. The second-order valence-electron chi connectivity index (χ2n) is 8.11. The minimum atomic E-state index is -0.173. The van der Waals surface area contributed by atoms with Crippen molar-refractivity contribution in [2.75, 3.05) is 13.3 Å². The van der Waals surface area contributed by atoms with Crippen molar-refractivity contribution < 1.29 is 19.1 Å². The van der Waals surface area contributed by atoms with Crippen LogP contribution in [0.4, 0.5) is 0 Å². The fourth-order valence-corrected chi connectivity index (χ4v) is 3.96. The summed E-state index contributed by atoms with van der Waals surface area (Å²) in [4.78, 5) is 28.3. The van der Waals surface area contributed by atoms with Crippen molar-refractivity contribution >= 4 is 11.7 Å². The van der Waals surface area contributed by atoms with Crippen LogP contribution in [0.3, 0.4) is 0 Å². The molecule has 0 fully saturated rings. The van der Waals surface area contributed by atoms with Gasteiger partial charge in [-0.2, -0.15) is 0 Å². The number of amides is 1. The van der Waals surface area contributed by atoms with Crippen LogP contribution in [0, 0.1) is 12.3 Å². The third-order valence-electron chi connectivity index (χ3n) is 5.26. The number of aromatic amines is 1. The number of hydrogen-bond donors (Lipinski definition) is 2. The van der Waals surface area contributed by atoms with Crippen LogP contribution in [0.2, 0.25) is 0 Å². The van der Waals surface area contributed by atoms with Gasteiger partial charge in [-0.15, -0.1) is 0 Å². The molecule has 6 heteroatoms. The van der Waals surface area contributed by atoms with Gasteiger partial charge in [0, 0.05) is 24.2 Å². The van der Waals surface area contributed by atoms with E-state index < -0.39 is 0 Å². The summed E-state index contributed by atoms with van der Waals surface area (Å²) < 4.78 is 10.7. The van der Waals surface area contributed by atoms with Gasteiger partial charge in [0.25, 0.3) is 5.91 Å². The van der Waals surface area contributed by atoms with Gasteiger partial charge in [0.05, 0.1) is 0 Å². The van der Waals surface area contributed by atoms with E-state index in [9.17, 15) is 9.59 Å². The molecule has 1 aromatic heterocycles. The highest BCUT2D eigenvalue weighted by atomic mass is 16.7. The Labute approximate surface area is 158 Å². The van der Waals surface area contributed by atoms with Crippen molar-refractivity contribution in [3.63, 3.8) is 0 Å². The van der Waals surface area contributed by atoms with Crippen LogP contribution in [0.1, 0.15) is 57.9 Å². The van der Waals surface area contributed by atoms with E-state index in [4.69, 9.17) is 9.47 Å². The van der Waals surface area contributed by atoms with Gasteiger partial charge in [-0.3, -0.25) is 9.59 Å². The summed E-state index contributed by atoms with van der Waals surface area (Å²) in [6.45, 7) is 6.76. The molecule has 0 bridgehead atoms. The molecule has 0 spiro atoms. The Bertz CT molecular complexity index is 927. The van der Waals surface area contributed by atoms with Gasteiger partial charge in [0.1, 0.15) is 5.69 Å². The summed E-state index contributed by atoms with van der Waals surface area (Å²) in [6, 6.07) is 5.79. The van der Waals surface area contributed by atoms with E-state index in [0.717, 1.165) is 34.7 Å². The maximum atomic E-state index is 12.6. The average Bonchev–Trinajstić information content (AvgIpc) is 3.17. The molecule has 0 radical (unpaired) electrons. The lowest BCUT2D eigenvalue weighted by molar-refractivity contribution is 0.0909. The smallest absolute Gasteiger partial charge is 0.268 e. The monoisotopic (exact) mass is 368 g/mol. The standard InChI is InChI=1S/C21H24N2O4/c1-12-18-14(9-21(2,3)10-15(18)24)23-19(12)20(25)22-7-6-13-4-5-16-17(8-13)27-11-26-16/h4-5,8,23H,6-7,9-11H2,1-3H3,(H,22,25). The molecule has 1 aromatic carbocycles. The summed E-state index contributed by atoms with van der Waals surface area (Å²) in [7, 11) is 0. The second kappa shape index (κ2) is 6.44. The maximum absolute atomic E-state index is 12.6. The van der Waals surface area contributed by atoms with Crippen LogP contribution in [-0.4, -0.2) is 30.0 Å². The normalized spacial score (nSPS) is 16.9. The van der Waals surface area contributed by atoms with Crippen molar-refractivity contribution in [2.45, 2.75) is 40.0 Å². The second-order valence-corrected chi connectivity index (χ2v) is 8.11. The van der Waals surface area contributed by atoms with E-state index in [1.54, 1.807) is 0 Å². The molecular formula is C21H24N2O4. The van der Waals surface area contributed by atoms with Crippen LogP contribution < -0.4 is 14.8 Å². The van der Waals surface area contributed by atoms with Crippen molar-refractivity contribution in [1.29, 1.82) is 0 Å². The quantitative estimate of drug-likeness (QED) is 0.869. The third kappa shape index (κ3) is 3.31. The van der Waals surface area contributed by atoms with Crippen molar-refractivity contribution in [3.05, 3.63) is 46.3 Å². The number of carbonyl (C=O) groups excluding carboxylic acids is 2. The molecule has 0 atom stereocenters. The Balaban J connectivity index is 1.43. The van der Waals surface area contributed by atoms with E-state index >= 15 is 0 Å². The van der Waals surface area contributed by atoms with Gasteiger partial charge in [0.15, 0.2) is 17.3 Å². The molecule has 1 aliphatic heterocycles. The maximum Gasteiger partial charge on any atom is 0.268 e. The van der Waals surface area contributed by atoms with Crippen molar-refractivity contribution in [2.24, 2.45) is 5.41 Å². The number of hydrogen-bond acceptors (Lipinski definition) is 4. The van der Waals surface area contributed by atoms with Crippen LogP contribution in [0.25, 0.3) is 0 Å². The number of H-pyrrole nitrogens is 1. The number of carbonyl (C=O) groups is 2. The fourth-order valence-electron chi connectivity index (χ4n) is 3.96. The molecule has 1 amide bonds. The van der Waals surface area contributed by atoms with Crippen LogP contribution in [0.15, 0.2) is 18.2 Å². The zero-order valence-corrected chi connectivity index (χ0v) is 15.9. The predicted molar refractivity (Wildman–Crippen MR) is 101 cm³/mol. The molecule has 2 aliphatic rings. The molecule has 142 valence electrons. The number of ketones is 1. The number of rotatable bonds is 4. The number of benzene rings is 1. The number of nitrogens with one attached hydrogen (secondary N) is 2. The van der Waals surface area contributed by atoms with Crippen molar-refractivity contribution in [1.82, 2.24) is 10.3 Å². The highest BCUT2D eigenvalue weighted by molar-refractivity contribution is 6.04. The lowest BCUT2D eigenvalue weighted by Gasteiger charge is -2.28. The first-order chi connectivity index (χ1) is 12.8. The predicted octanol–water partition coefficient (Wildman–Crippen LogP) is 3.18. The zero-order chi connectivity index (χ0) is 19.2. The Morgan fingerprint density at radius 2 is 2.00 bits per heavy atom. The van der Waals surface area contributed by atoms with Crippen LogP contribution >= 0.6 is 0 Å². The van der Waals surface area contributed by atoms with Gasteiger partial charge in [-0.25, -0.2) is 0 Å². The minimum absolute atomic E-state index is 0.0749. The lowest BCUT2D eigenvalue weighted by Crippen LogP contribution is -2.26. The lowest BCUT2D eigenvalue weighted by atomic mass is 9.75. The summed E-state index contributed by atoms with van der Waals surface area (Å²) in [5, 5.41) is 2.95. The number of fused-ring (bicyclic) bond motifs is 2. The van der Waals surface area contributed by atoms with Crippen LogP contribution in [0.5, 0.6) is 11.5 Å². The Morgan fingerprint density at radius 1 is 1.22 bits per heavy atom. The van der Waals surface area contributed by atoms with Gasteiger partial charge >= 0.3 is 0 Å². The molecule has 0 saturated heterocycles. The van der Waals surface area contributed by atoms with Gasteiger partial charge in [-0.1, -0.05) is 19.9 Å². The van der Waals surface area contributed by atoms with E-state index in [2.05, 4.69) is 24.1 Å². The molecular weight excluding hydrogens is 344 g/mol. The Hall–Kier alpha value is -2.76. The first-order valence-electron chi connectivity index (χ1n) is 9.25. The largest absolute Gasteiger partial charge is 0.454 e. The topological polar surface area (TPSA) is 80.4 Å². The average molecular weight is 368 g/mol. The van der Waals surface area contributed by atoms with Gasteiger partial charge in [-0.05, 0) is 48.4 Å². The third-order valence-corrected chi connectivity index (χ3v) is 5.26. The molecule has 2 N–H and O–H groups in total. The van der Waals surface area contributed by atoms with E-state index in [1.165, 1.54) is 0 Å². The van der Waals surface area contributed by atoms with Gasteiger partial charge < -0.3 is 19.8 Å². The number of aromatic nitrogens is 1. The minimum Gasteiger partial charge on any atom is -0.454 e. The first-order valence-corrected chi connectivity index (χ1v) is 9.25. The zero-order valence-electron chi connectivity index (χ0n) is 15.9. The molecule has 2 aromatic rings.